The highest BCUT2D eigenvalue weighted by molar-refractivity contribution is 7.80. The maximum atomic E-state index is 5.76. The Labute approximate surface area is 109 Å². The first-order chi connectivity index (χ1) is 8.01. The van der Waals surface area contributed by atoms with Crippen LogP contribution in [0.4, 0.5) is 5.82 Å². The molecular formula is C13H21N3S. The molecule has 1 rings (SSSR count). The molecule has 0 radical (unpaired) electrons. The van der Waals surface area contributed by atoms with Crippen LogP contribution >= 0.6 is 12.2 Å². The number of nitrogens with two attached hydrogens (primary N) is 1. The van der Waals surface area contributed by atoms with Gasteiger partial charge in [0.1, 0.15) is 10.8 Å². The van der Waals surface area contributed by atoms with Gasteiger partial charge >= 0.3 is 0 Å². The van der Waals surface area contributed by atoms with E-state index in [1.807, 2.05) is 19.1 Å². The van der Waals surface area contributed by atoms with Crippen LogP contribution in [0.2, 0.25) is 0 Å². The average molecular weight is 251 g/mol. The number of thiocarbonyl (C=S) groups is 1. The molecule has 94 valence electrons. The summed E-state index contributed by atoms with van der Waals surface area (Å²) in [5.41, 5.74) is 7.62. The molecule has 17 heavy (non-hydrogen) atoms. The molecule has 0 amide bonds. The van der Waals surface area contributed by atoms with Crippen molar-refractivity contribution in [1.29, 1.82) is 0 Å². The molecule has 1 heterocycles. The standard InChI is InChI=1S/C13H21N3S/c1-5-10(4)16(6-2)13-11(12(14)17)8-7-9(3)15-13/h7-8,10H,5-6H2,1-4H3,(H2,14,17). The van der Waals surface area contributed by atoms with Gasteiger partial charge in [-0.25, -0.2) is 4.98 Å². The highest BCUT2D eigenvalue weighted by Crippen LogP contribution is 2.21. The Morgan fingerprint density at radius 2 is 2.12 bits per heavy atom. The minimum Gasteiger partial charge on any atom is -0.389 e. The SMILES string of the molecule is CCC(C)N(CC)c1nc(C)ccc1C(N)=S. The number of aromatic nitrogens is 1. The minimum atomic E-state index is 0.411. The van der Waals surface area contributed by atoms with Crippen molar-refractivity contribution in [2.45, 2.75) is 40.2 Å². The summed E-state index contributed by atoms with van der Waals surface area (Å²) in [5.74, 6) is 0.911. The predicted molar refractivity (Wildman–Crippen MR) is 77.6 cm³/mol. The smallest absolute Gasteiger partial charge is 0.139 e. The molecule has 0 saturated carbocycles. The van der Waals surface area contributed by atoms with Crippen LogP contribution in [0.1, 0.15) is 38.4 Å². The van der Waals surface area contributed by atoms with Crippen molar-refractivity contribution in [3.8, 4) is 0 Å². The van der Waals surface area contributed by atoms with Crippen molar-refractivity contribution in [2.75, 3.05) is 11.4 Å². The summed E-state index contributed by atoms with van der Waals surface area (Å²) >= 11 is 5.09. The lowest BCUT2D eigenvalue weighted by molar-refractivity contribution is 0.622. The van der Waals surface area contributed by atoms with E-state index in [-0.39, 0.29) is 0 Å². The number of rotatable bonds is 5. The maximum absolute atomic E-state index is 5.76. The fourth-order valence-corrected chi connectivity index (χ4v) is 2.00. The molecule has 1 aromatic rings. The predicted octanol–water partition coefficient (Wildman–Crippen LogP) is 2.65. The van der Waals surface area contributed by atoms with Gasteiger partial charge in [-0.05, 0) is 39.3 Å². The van der Waals surface area contributed by atoms with Crippen molar-refractivity contribution in [3.05, 3.63) is 23.4 Å². The molecule has 0 aliphatic rings. The van der Waals surface area contributed by atoms with Gasteiger partial charge in [0.2, 0.25) is 0 Å². The van der Waals surface area contributed by atoms with E-state index in [2.05, 4.69) is 30.7 Å². The van der Waals surface area contributed by atoms with Gasteiger partial charge in [-0.3, -0.25) is 0 Å². The number of pyridine rings is 1. The molecule has 2 N–H and O–H groups in total. The Bertz CT molecular complexity index is 404. The van der Waals surface area contributed by atoms with E-state index < -0.39 is 0 Å². The van der Waals surface area contributed by atoms with Gasteiger partial charge in [-0.2, -0.15) is 0 Å². The second-order valence-electron chi connectivity index (χ2n) is 4.23. The van der Waals surface area contributed by atoms with Gasteiger partial charge < -0.3 is 10.6 Å². The Hall–Kier alpha value is -1.16. The Balaban J connectivity index is 3.25. The fourth-order valence-electron chi connectivity index (χ4n) is 1.84. The quantitative estimate of drug-likeness (QED) is 0.817. The van der Waals surface area contributed by atoms with Crippen LogP contribution in [0, 0.1) is 6.92 Å². The summed E-state index contributed by atoms with van der Waals surface area (Å²) in [6.45, 7) is 9.37. The van der Waals surface area contributed by atoms with Crippen molar-refractivity contribution in [1.82, 2.24) is 4.98 Å². The first kappa shape index (κ1) is 13.9. The third-order valence-electron chi connectivity index (χ3n) is 3.02. The van der Waals surface area contributed by atoms with Crippen LogP contribution in [-0.2, 0) is 0 Å². The summed E-state index contributed by atoms with van der Waals surface area (Å²) in [4.78, 5) is 7.26. The zero-order chi connectivity index (χ0) is 13.0. The number of aryl methyl sites for hydroxylation is 1. The summed E-state index contributed by atoms with van der Waals surface area (Å²) in [6, 6.07) is 4.34. The van der Waals surface area contributed by atoms with E-state index >= 15 is 0 Å². The van der Waals surface area contributed by atoms with E-state index in [1.165, 1.54) is 0 Å². The van der Waals surface area contributed by atoms with E-state index in [0.29, 0.717) is 11.0 Å². The monoisotopic (exact) mass is 251 g/mol. The van der Waals surface area contributed by atoms with E-state index in [0.717, 1.165) is 30.0 Å². The number of hydrogen-bond donors (Lipinski definition) is 1. The topological polar surface area (TPSA) is 42.2 Å². The Morgan fingerprint density at radius 3 is 2.59 bits per heavy atom. The average Bonchev–Trinajstić information content (AvgIpc) is 2.29. The van der Waals surface area contributed by atoms with Gasteiger partial charge in [0.15, 0.2) is 0 Å². The Morgan fingerprint density at radius 1 is 1.47 bits per heavy atom. The van der Waals surface area contributed by atoms with E-state index in [4.69, 9.17) is 18.0 Å². The van der Waals surface area contributed by atoms with E-state index in [9.17, 15) is 0 Å². The first-order valence-electron chi connectivity index (χ1n) is 6.05. The number of nitrogens with zero attached hydrogens (tertiary/aromatic N) is 2. The third kappa shape index (κ3) is 3.16. The summed E-state index contributed by atoms with van der Waals surface area (Å²) in [5, 5.41) is 0. The van der Waals surface area contributed by atoms with Gasteiger partial charge in [0, 0.05) is 18.3 Å². The van der Waals surface area contributed by atoms with Crippen molar-refractivity contribution in [3.63, 3.8) is 0 Å². The zero-order valence-electron chi connectivity index (χ0n) is 11.0. The van der Waals surface area contributed by atoms with Crippen molar-refractivity contribution in [2.24, 2.45) is 5.73 Å². The van der Waals surface area contributed by atoms with Gasteiger partial charge in [0.25, 0.3) is 0 Å². The highest BCUT2D eigenvalue weighted by atomic mass is 32.1. The second kappa shape index (κ2) is 5.96. The largest absolute Gasteiger partial charge is 0.389 e. The van der Waals surface area contributed by atoms with Gasteiger partial charge in [0.05, 0.1) is 5.56 Å². The van der Waals surface area contributed by atoms with E-state index in [1.54, 1.807) is 0 Å². The lowest BCUT2D eigenvalue weighted by Crippen LogP contribution is -2.35. The molecule has 0 aliphatic carbocycles. The molecule has 0 aliphatic heterocycles. The molecule has 1 unspecified atom stereocenters. The van der Waals surface area contributed by atoms with Crippen LogP contribution in [-0.4, -0.2) is 22.6 Å². The molecule has 0 saturated heterocycles. The van der Waals surface area contributed by atoms with Crippen molar-refractivity contribution >= 4 is 23.0 Å². The van der Waals surface area contributed by atoms with Crippen LogP contribution in [0.15, 0.2) is 12.1 Å². The van der Waals surface area contributed by atoms with Crippen molar-refractivity contribution < 1.29 is 0 Å². The van der Waals surface area contributed by atoms with Crippen LogP contribution in [0.25, 0.3) is 0 Å². The molecule has 1 atom stereocenters. The van der Waals surface area contributed by atoms with Crippen LogP contribution < -0.4 is 10.6 Å². The first-order valence-corrected chi connectivity index (χ1v) is 6.46. The summed E-state index contributed by atoms with van der Waals surface area (Å²) < 4.78 is 0. The van der Waals surface area contributed by atoms with Gasteiger partial charge in [-0.15, -0.1) is 0 Å². The minimum absolute atomic E-state index is 0.411. The molecule has 0 bridgehead atoms. The Kier molecular flexibility index (Phi) is 4.87. The number of hydrogen-bond acceptors (Lipinski definition) is 3. The molecule has 4 heteroatoms. The second-order valence-corrected chi connectivity index (χ2v) is 4.67. The van der Waals surface area contributed by atoms with Crippen LogP contribution in [0.3, 0.4) is 0 Å². The molecule has 0 fully saturated rings. The molecule has 0 spiro atoms. The lowest BCUT2D eigenvalue weighted by atomic mass is 10.1. The zero-order valence-corrected chi connectivity index (χ0v) is 11.8. The highest BCUT2D eigenvalue weighted by Gasteiger charge is 2.17. The molecular weight excluding hydrogens is 230 g/mol. The molecule has 1 aromatic heterocycles. The summed E-state index contributed by atoms with van der Waals surface area (Å²) in [7, 11) is 0. The normalized spacial score (nSPS) is 12.2. The van der Waals surface area contributed by atoms with Gasteiger partial charge in [-0.1, -0.05) is 19.1 Å². The third-order valence-corrected chi connectivity index (χ3v) is 3.24. The van der Waals surface area contributed by atoms with Crippen LogP contribution in [0.5, 0.6) is 0 Å². The number of anilines is 1. The summed E-state index contributed by atoms with van der Waals surface area (Å²) in [6.07, 6.45) is 1.07. The fraction of sp³-hybridized carbons (Fsp3) is 0.538. The molecule has 3 nitrogen and oxygen atoms in total. The maximum Gasteiger partial charge on any atom is 0.139 e. The lowest BCUT2D eigenvalue weighted by Gasteiger charge is -2.30. The molecule has 0 aromatic carbocycles.